The number of benzene rings is 1. The van der Waals surface area contributed by atoms with E-state index in [9.17, 15) is 4.79 Å². The second-order valence-electron chi connectivity index (χ2n) is 9.68. The quantitative estimate of drug-likeness (QED) is 0.580. The summed E-state index contributed by atoms with van der Waals surface area (Å²) in [7, 11) is 0. The van der Waals surface area contributed by atoms with Gasteiger partial charge in [0.25, 0.3) is 5.91 Å². The Morgan fingerprint density at radius 2 is 1.97 bits per heavy atom. The molecule has 0 spiro atoms. The van der Waals surface area contributed by atoms with E-state index in [1.807, 2.05) is 31.7 Å². The van der Waals surface area contributed by atoms with Gasteiger partial charge in [0.15, 0.2) is 17.2 Å². The molecule has 3 aromatic rings. The van der Waals surface area contributed by atoms with E-state index in [2.05, 4.69) is 20.6 Å². The molecule has 0 saturated carbocycles. The van der Waals surface area contributed by atoms with Crippen molar-refractivity contribution in [3.63, 3.8) is 0 Å². The number of aryl methyl sites for hydroxylation is 1. The van der Waals surface area contributed by atoms with Crippen LogP contribution in [0.5, 0.6) is 11.5 Å². The van der Waals surface area contributed by atoms with Crippen molar-refractivity contribution in [2.45, 2.75) is 45.3 Å². The van der Waals surface area contributed by atoms with Gasteiger partial charge in [-0.25, -0.2) is 15.0 Å². The maximum Gasteiger partial charge on any atom is 0.274 e. The molecule has 1 unspecified atom stereocenters. The molecule has 9 nitrogen and oxygen atoms in total. The Bertz CT molecular complexity index is 1270. The van der Waals surface area contributed by atoms with Crippen LogP contribution in [0.3, 0.4) is 0 Å². The number of rotatable bonds is 2. The number of hydrogen-bond acceptors (Lipinski definition) is 7. The van der Waals surface area contributed by atoms with Crippen LogP contribution in [0.15, 0.2) is 30.9 Å². The molecule has 1 atom stereocenters. The lowest BCUT2D eigenvalue weighted by Crippen LogP contribution is -2.55. The van der Waals surface area contributed by atoms with Gasteiger partial charge in [0, 0.05) is 25.0 Å². The molecule has 6 rings (SSSR count). The molecule has 176 valence electrons. The third kappa shape index (κ3) is 3.34. The maximum atomic E-state index is 13.8. The SMILES string of the molecule is CC1COc2cc3c(cc2O1)-n1c(-c2cncnc2)nc(C(=O)N2CCOCC2(C)C)c1CC3. The summed E-state index contributed by atoms with van der Waals surface area (Å²) in [6.07, 6.45) is 6.38. The minimum atomic E-state index is -0.408. The molecular formula is C25H27N5O4. The molecule has 0 bridgehead atoms. The van der Waals surface area contributed by atoms with Crippen LogP contribution < -0.4 is 9.47 Å². The van der Waals surface area contributed by atoms with Gasteiger partial charge in [-0.15, -0.1) is 0 Å². The first kappa shape index (κ1) is 21.1. The zero-order valence-electron chi connectivity index (χ0n) is 19.6. The molecule has 5 heterocycles. The summed E-state index contributed by atoms with van der Waals surface area (Å²) < 4.78 is 19.7. The first-order valence-electron chi connectivity index (χ1n) is 11.7. The first-order valence-corrected chi connectivity index (χ1v) is 11.7. The van der Waals surface area contributed by atoms with Crippen LogP contribution in [0.25, 0.3) is 17.1 Å². The fourth-order valence-corrected chi connectivity index (χ4v) is 5.00. The van der Waals surface area contributed by atoms with E-state index in [4.69, 9.17) is 19.2 Å². The second kappa shape index (κ2) is 7.80. The van der Waals surface area contributed by atoms with Gasteiger partial charge in [0.2, 0.25) is 0 Å². The molecular weight excluding hydrogens is 434 g/mol. The Labute approximate surface area is 197 Å². The highest BCUT2D eigenvalue weighted by atomic mass is 16.6. The third-order valence-corrected chi connectivity index (χ3v) is 6.70. The zero-order chi connectivity index (χ0) is 23.4. The Kier molecular flexibility index (Phi) is 4.84. The van der Waals surface area contributed by atoms with E-state index in [1.54, 1.807) is 12.4 Å². The summed E-state index contributed by atoms with van der Waals surface area (Å²) >= 11 is 0. The molecule has 9 heteroatoms. The largest absolute Gasteiger partial charge is 0.486 e. The smallest absolute Gasteiger partial charge is 0.274 e. The fourth-order valence-electron chi connectivity index (χ4n) is 5.00. The highest BCUT2D eigenvalue weighted by Crippen LogP contribution is 2.41. The van der Waals surface area contributed by atoms with Crippen molar-refractivity contribution in [2.24, 2.45) is 0 Å². The number of aromatic nitrogens is 4. The molecule has 1 aromatic carbocycles. The number of imidazole rings is 1. The molecule has 34 heavy (non-hydrogen) atoms. The number of fused-ring (bicyclic) bond motifs is 4. The normalized spacial score (nSPS) is 20.4. The van der Waals surface area contributed by atoms with Gasteiger partial charge >= 0.3 is 0 Å². The van der Waals surface area contributed by atoms with Crippen molar-refractivity contribution in [3.8, 4) is 28.6 Å². The van der Waals surface area contributed by atoms with Crippen LogP contribution in [0.2, 0.25) is 0 Å². The summed E-state index contributed by atoms with van der Waals surface area (Å²) in [5.41, 5.74) is 3.79. The Morgan fingerprint density at radius 1 is 1.15 bits per heavy atom. The van der Waals surface area contributed by atoms with Gasteiger partial charge in [-0.3, -0.25) is 9.36 Å². The van der Waals surface area contributed by atoms with Gasteiger partial charge in [-0.1, -0.05) is 0 Å². The lowest BCUT2D eigenvalue weighted by Gasteiger charge is -2.41. The van der Waals surface area contributed by atoms with E-state index in [0.717, 1.165) is 34.7 Å². The highest BCUT2D eigenvalue weighted by Gasteiger charge is 2.38. The number of nitrogens with zero attached hydrogens (tertiary/aromatic N) is 5. The summed E-state index contributed by atoms with van der Waals surface area (Å²) in [4.78, 5) is 29.0. The van der Waals surface area contributed by atoms with Gasteiger partial charge < -0.3 is 19.1 Å². The number of amides is 1. The Morgan fingerprint density at radius 3 is 2.76 bits per heavy atom. The number of carbonyl (C=O) groups is 1. The molecule has 0 radical (unpaired) electrons. The zero-order valence-corrected chi connectivity index (χ0v) is 19.6. The minimum absolute atomic E-state index is 0.0286. The fraction of sp³-hybridized carbons (Fsp3) is 0.440. The van der Waals surface area contributed by atoms with Crippen LogP contribution in [0, 0.1) is 0 Å². The maximum absolute atomic E-state index is 13.8. The number of hydrogen-bond donors (Lipinski definition) is 0. The predicted octanol–water partition coefficient (Wildman–Crippen LogP) is 2.84. The van der Waals surface area contributed by atoms with Crippen LogP contribution in [0.4, 0.5) is 0 Å². The lowest BCUT2D eigenvalue weighted by atomic mass is 9.98. The second-order valence-corrected chi connectivity index (χ2v) is 9.68. The number of morpholine rings is 1. The Hall–Kier alpha value is -3.46. The minimum Gasteiger partial charge on any atom is -0.486 e. The molecule has 1 saturated heterocycles. The van der Waals surface area contributed by atoms with Gasteiger partial charge in [-0.05, 0) is 45.2 Å². The van der Waals surface area contributed by atoms with Crippen LogP contribution in [0.1, 0.15) is 42.5 Å². The Balaban J connectivity index is 1.53. The average Bonchev–Trinajstić information content (AvgIpc) is 3.23. The standard InChI is InChI=1S/C25H27N5O4/c1-15-12-33-20-8-16-4-5-18-22(24(31)29-6-7-32-13-25(29,2)3)28-23(17-10-26-14-27-11-17)30(18)19(16)9-21(20)34-15/h8-11,14-15H,4-7,12-13H2,1-3H3. The number of carbonyl (C=O) groups excluding carboxylic acids is 1. The molecule has 0 N–H and O–H groups in total. The van der Waals surface area contributed by atoms with Crippen molar-refractivity contribution in [1.82, 2.24) is 24.4 Å². The van der Waals surface area contributed by atoms with Gasteiger partial charge in [-0.2, -0.15) is 0 Å². The summed E-state index contributed by atoms with van der Waals surface area (Å²) in [5.74, 6) is 2.04. The number of ether oxygens (including phenoxy) is 3. The summed E-state index contributed by atoms with van der Waals surface area (Å²) in [5, 5.41) is 0. The molecule has 3 aliphatic rings. The monoisotopic (exact) mass is 461 g/mol. The van der Waals surface area contributed by atoms with E-state index >= 15 is 0 Å². The topological polar surface area (TPSA) is 91.6 Å². The average molecular weight is 462 g/mol. The summed E-state index contributed by atoms with van der Waals surface area (Å²) in [6, 6.07) is 4.06. The van der Waals surface area contributed by atoms with Crippen molar-refractivity contribution in [1.29, 1.82) is 0 Å². The van der Waals surface area contributed by atoms with E-state index in [1.165, 1.54) is 6.33 Å². The van der Waals surface area contributed by atoms with Crippen molar-refractivity contribution < 1.29 is 19.0 Å². The van der Waals surface area contributed by atoms with Crippen molar-refractivity contribution >= 4 is 5.91 Å². The lowest BCUT2D eigenvalue weighted by molar-refractivity contribution is -0.0373. The van der Waals surface area contributed by atoms with Crippen molar-refractivity contribution in [2.75, 3.05) is 26.4 Å². The molecule has 1 fully saturated rings. The third-order valence-electron chi connectivity index (χ3n) is 6.70. The van der Waals surface area contributed by atoms with Crippen LogP contribution in [-0.2, 0) is 17.6 Å². The highest BCUT2D eigenvalue weighted by molar-refractivity contribution is 5.95. The van der Waals surface area contributed by atoms with Crippen LogP contribution >= 0.6 is 0 Å². The van der Waals surface area contributed by atoms with E-state index < -0.39 is 5.54 Å². The molecule has 2 aromatic heterocycles. The van der Waals surface area contributed by atoms with E-state index in [0.29, 0.717) is 50.1 Å². The van der Waals surface area contributed by atoms with Gasteiger partial charge in [0.05, 0.1) is 35.7 Å². The predicted molar refractivity (Wildman–Crippen MR) is 124 cm³/mol. The van der Waals surface area contributed by atoms with Gasteiger partial charge in [0.1, 0.15) is 24.9 Å². The molecule has 1 amide bonds. The first-order chi connectivity index (χ1) is 16.4. The summed E-state index contributed by atoms with van der Waals surface area (Å²) in [6.45, 7) is 8.13. The van der Waals surface area contributed by atoms with E-state index in [-0.39, 0.29) is 12.0 Å². The molecule has 0 aliphatic carbocycles. The van der Waals surface area contributed by atoms with Crippen LogP contribution in [-0.4, -0.2) is 68.3 Å². The van der Waals surface area contributed by atoms with Crippen molar-refractivity contribution in [3.05, 3.63) is 47.8 Å². The molecule has 3 aliphatic heterocycles.